The van der Waals surface area contributed by atoms with Crippen LogP contribution in [0.4, 0.5) is 0 Å². The second-order valence-electron chi connectivity index (χ2n) is 4.64. The highest BCUT2D eigenvalue weighted by Crippen LogP contribution is 2.38. The fraction of sp³-hybridized carbons (Fsp3) is 0.250. The van der Waals surface area contributed by atoms with Crippen molar-refractivity contribution in [1.29, 1.82) is 0 Å². The lowest BCUT2D eigenvalue weighted by Crippen LogP contribution is -1.89. The Balaban J connectivity index is 2.63. The Morgan fingerprint density at radius 1 is 1.32 bits per heavy atom. The van der Waals surface area contributed by atoms with Gasteiger partial charge in [0, 0.05) is 20.0 Å². The van der Waals surface area contributed by atoms with Gasteiger partial charge in [0.25, 0.3) is 0 Å². The molecule has 0 saturated carbocycles. The molecule has 0 spiro atoms. The third-order valence-electron chi connectivity index (χ3n) is 3.11. The number of halogens is 2. The predicted octanol–water partition coefficient (Wildman–Crippen LogP) is 6.33. The molecule has 1 aromatic rings. The fourth-order valence-corrected chi connectivity index (χ4v) is 3.82. The van der Waals surface area contributed by atoms with Crippen LogP contribution in [0.5, 0.6) is 0 Å². The second kappa shape index (κ2) is 6.34. The molecule has 0 heterocycles. The number of hydrogen-bond acceptors (Lipinski definition) is 1. The molecule has 0 radical (unpaired) electrons. The molecule has 19 heavy (non-hydrogen) atoms. The van der Waals surface area contributed by atoms with Crippen LogP contribution in [-0.4, -0.2) is 6.26 Å². The van der Waals surface area contributed by atoms with Crippen LogP contribution in [0.1, 0.15) is 19.4 Å². The molecule has 0 amide bonds. The predicted molar refractivity (Wildman–Crippen MR) is 91.6 cm³/mol. The first-order chi connectivity index (χ1) is 9.02. The normalized spacial score (nSPS) is 19.4. The molecule has 1 aliphatic carbocycles. The Kier molecular flexibility index (Phi) is 4.99. The van der Waals surface area contributed by atoms with Crippen LogP contribution in [0.25, 0.3) is 5.57 Å². The molecule has 0 N–H and O–H groups in total. The van der Waals surface area contributed by atoms with Gasteiger partial charge in [0.15, 0.2) is 0 Å². The zero-order valence-electron chi connectivity index (χ0n) is 11.2. The standard InChI is InChI=1S/C16H16BrClS/c1-10-4-6-14(16(19-3)11(2)8-10)13-7-5-12(17)9-15(13)18/h4-10H,1-3H3. The number of allylic oxidation sites excluding steroid dienone is 5. The number of thioether (sulfide) groups is 1. The van der Waals surface area contributed by atoms with Crippen molar-refractivity contribution in [2.75, 3.05) is 6.26 Å². The van der Waals surface area contributed by atoms with E-state index < -0.39 is 0 Å². The molecule has 0 saturated heterocycles. The van der Waals surface area contributed by atoms with Gasteiger partial charge in [0.2, 0.25) is 0 Å². The van der Waals surface area contributed by atoms with Crippen molar-refractivity contribution >= 4 is 44.9 Å². The maximum Gasteiger partial charge on any atom is 0.0496 e. The summed E-state index contributed by atoms with van der Waals surface area (Å²) in [7, 11) is 0. The number of hydrogen-bond donors (Lipinski definition) is 0. The molecule has 0 aromatic heterocycles. The van der Waals surface area contributed by atoms with Gasteiger partial charge in [-0.3, -0.25) is 0 Å². The first kappa shape index (κ1) is 15.0. The van der Waals surface area contributed by atoms with Crippen molar-refractivity contribution in [2.24, 2.45) is 5.92 Å². The maximum absolute atomic E-state index is 6.40. The van der Waals surface area contributed by atoms with Gasteiger partial charge in [-0.2, -0.15) is 0 Å². The van der Waals surface area contributed by atoms with Crippen molar-refractivity contribution in [3.8, 4) is 0 Å². The average Bonchev–Trinajstić information content (AvgIpc) is 2.48. The van der Waals surface area contributed by atoms with Crippen molar-refractivity contribution in [3.63, 3.8) is 0 Å². The van der Waals surface area contributed by atoms with E-state index >= 15 is 0 Å². The summed E-state index contributed by atoms with van der Waals surface area (Å²) in [4.78, 5) is 1.30. The van der Waals surface area contributed by atoms with Gasteiger partial charge in [0.1, 0.15) is 0 Å². The van der Waals surface area contributed by atoms with Crippen LogP contribution in [0.2, 0.25) is 5.02 Å². The third-order valence-corrected chi connectivity index (χ3v) is 4.86. The number of benzene rings is 1. The summed E-state index contributed by atoms with van der Waals surface area (Å²) in [6, 6.07) is 6.06. The summed E-state index contributed by atoms with van der Waals surface area (Å²) in [5.41, 5.74) is 3.62. The molecule has 100 valence electrons. The first-order valence-corrected chi connectivity index (χ1v) is 8.53. The largest absolute Gasteiger partial charge is 0.129 e. The van der Waals surface area contributed by atoms with Crippen molar-refractivity contribution < 1.29 is 0 Å². The van der Waals surface area contributed by atoms with E-state index in [2.05, 4.69) is 60.3 Å². The van der Waals surface area contributed by atoms with Crippen LogP contribution in [0, 0.1) is 5.92 Å². The molecule has 2 rings (SSSR count). The summed E-state index contributed by atoms with van der Waals surface area (Å²) in [6.45, 7) is 4.37. The van der Waals surface area contributed by atoms with Gasteiger partial charge in [-0.25, -0.2) is 0 Å². The lowest BCUT2D eigenvalue weighted by Gasteiger charge is -2.12. The molecule has 3 heteroatoms. The van der Waals surface area contributed by atoms with Crippen LogP contribution in [-0.2, 0) is 0 Å². The van der Waals surface area contributed by atoms with Crippen molar-refractivity contribution in [2.45, 2.75) is 13.8 Å². The first-order valence-electron chi connectivity index (χ1n) is 6.13. The van der Waals surface area contributed by atoms with Gasteiger partial charge in [-0.15, -0.1) is 11.8 Å². The minimum atomic E-state index is 0.453. The van der Waals surface area contributed by atoms with Crippen molar-refractivity contribution in [3.05, 3.63) is 62.0 Å². The molecular formula is C16H16BrClS. The highest BCUT2D eigenvalue weighted by atomic mass is 79.9. The molecule has 0 fully saturated rings. The fourth-order valence-electron chi connectivity index (χ4n) is 2.25. The molecule has 1 unspecified atom stereocenters. The highest BCUT2D eigenvalue weighted by molar-refractivity contribution is 9.10. The van der Waals surface area contributed by atoms with E-state index in [0.717, 1.165) is 15.1 Å². The molecule has 0 bridgehead atoms. The molecule has 0 aliphatic heterocycles. The Morgan fingerprint density at radius 3 is 2.68 bits per heavy atom. The van der Waals surface area contributed by atoms with E-state index in [1.807, 2.05) is 12.1 Å². The molecule has 1 aliphatic rings. The Bertz CT molecular complexity index is 584. The Morgan fingerprint density at radius 2 is 2.05 bits per heavy atom. The van der Waals surface area contributed by atoms with Crippen LogP contribution < -0.4 is 0 Å². The van der Waals surface area contributed by atoms with E-state index in [4.69, 9.17) is 11.6 Å². The zero-order chi connectivity index (χ0) is 14.0. The van der Waals surface area contributed by atoms with Crippen LogP contribution in [0.15, 0.2) is 51.4 Å². The van der Waals surface area contributed by atoms with Gasteiger partial charge in [-0.1, -0.05) is 58.7 Å². The summed E-state index contributed by atoms with van der Waals surface area (Å²) >= 11 is 11.6. The third kappa shape index (κ3) is 3.36. The van der Waals surface area contributed by atoms with E-state index in [-0.39, 0.29) is 0 Å². The quantitative estimate of drug-likeness (QED) is 0.597. The monoisotopic (exact) mass is 354 g/mol. The summed E-state index contributed by atoms with van der Waals surface area (Å²) < 4.78 is 1.01. The van der Waals surface area contributed by atoms with Crippen LogP contribution in [0.3, 0.4) is 0 Å². The smallest absolute Gasteiger partial charge is 0.0496 e. The lowest BCUT2D eigenvalue weighted by molar-refractivity contribution is 0.933. The minimum Gasteiger partial charge on any atom is -0.129 e. The zero-order valence-corrected chi connectivity index (χ0v) is 14.4. The second-order valence-corrected chi connectivity index (χ2v) is 6.78. The van der Waals surface area contributed by atoms with E-state index in [1.54, 1.807) is 11.8 Å². The Hall–Kier alpha value is -0.440. The van der Waals surface area contributed by atoms with Gasteiger partial charge in [-0.05, 0) is 42.4 Å². The SMILES string of the molecule is CSC1=C(c2ccc(Br)cc2Cl)C=CC(C)C=C1C. The highest BCUT2D eigenvalue weighted by Gasteiger charge is 2.14. The topological polar surface area (TPSA) is 0 Å². The van der Waals surface area contributed by atoms with E-state index in [1.165, 1.54) is 16.1 Å². The maximum atomic E-state index is 6.40. The molecule has 1 aromatic carbocycles. The van der Waals surface area contributed by atoms with E-state index in [0.29, 0.717) is 5.92 Å². The number of rotatable bonds is 2. The average molecular weight is 356 g/mol. The summed E-state index contributed by atoms with van der Waals surface area (Å²) in [5.74, 6) is 0.453. The van der Waals surface area contributed by atoms with Crippen molar-refractivity contribution in [1.82, 2.24) is 0 Å². The van der Waals surface area contributed by atoms with E-state index in [9.17, 15) is 0 Å². The summed E-state index contributed by atoms with van der Waals surface area (Å²) in [6.07, 6.45) is 8.82. The van der Waals surface area contributed by atoms with Gasteiger partial charge < -0.3 is 0 Å². The molecular weight excluding hydrogens is 340 g/mol. The van der Waals surface area contributed by atoms with Crippen LogP contribution >= 0.6 is 39.3 Å². The van der Waals surface area contributed by atoms with Gasteiger partial charge >= 0.3 is 0 Å². The Labute approximate surface area is 132 Å². The molecule has 1 atom stereocenters. The molecule has 0 nitrogen and oxygen atoms in total. The lowest BCUT2D eigenvalue weighted by atomic mass is 10.0. The minimum absolute atomic E-state index is 0.453. The summed E-state index contributed by atoms with van der Waals surface area (Å²) in [5, 5.41) is 0.780. The van der Waals surface area contributed by atoms with Gasteiger partial charge in [0.05, 0.1) is 0 Å².